The maximum absolute atomic E-state index is 12.3. The number of nitro groups is 1. The summed E-state index contributed by atoms with van der Waals surface area (Å²) >= 11 is 0. The quantitative estimate of drug-likeness (QED) is 0.667. The Morgan fingerprint density at radius 3 is 2.91 bits per heavy atom. The maximum atomic E-state index is 12.3. The third-order valence-corrected chi connectivity index (χ3v) is 3.95. The second-order valence-electron chi connectivity index (χ2n) is 5.43. The molecule has 22 heavy (non-hydrogen) atoms. The number of rotatable bonds is 5. The normalized spacial score (nSPS) is 17.9. The van der Waals surface area contributed by atoms with Crippen molar-refractivity contribution in [1.82, 2.24) is 4.90 Å². The predicted molar refractivity (Wildman–Crippen MR) is 83.2 cm³/mol. The number of piperidine rings is 1. The first-order valence-corrected chi connectivity index (χ1v) is 7.38. The lowest BCUT2D eigenvalue weighted by Gasteiger charge is -2.33. The van der Waals surface area contributed by atoms with Crippen LogP contribution in [0.15, 0.2) is 18.2 Å². The lowest BCUT2D eigenvalue weighted by Crippen LogP contribution is -2.44. The predicted octanol–water partition coefficient (Wildman–Crippen LogP) is 2.42. The molecule has 0 radical (unpaired) electrons. The van der Waals surface area contributed by atoms with Crippen LogP contribution in [0.25, 0.3) is 0 Å². The molecule has 0 spiro atoms. The van der Waals surface area contributed by atoms with Crippen LogP contribution < -0.4 is 10.1 Å². The van der Waals surface area contributed by atoms with Gasteiger partial charge >= 0.3 is 0 Å². The number of likely N-dealkylation sites (tertiary alicyclic amines) is 1. The molecule has 0 unspecified atom stereocenters. The molecule has 1 aromatic rings. The van der Waals surface area contributed by atoms with E-state index in [1.165, 1.54) is 25.3 Å². The second-order valence-corrected chi connectivity index (χ2v) is 5.43. The van der Waals surface area contributed by atoms with Crippen molar-refractivity contribution in [3.05, 3.63) is 28.3 Å². The summed E-state index contributed by atoms with van der Waals surface area (Å²) in [6.45, 7) is 2.92. The highest BCUT2D eigenvalue weighted by atomic mass is 16.6. The van der Waals surface area contributed by atoms with Gasteiger partial charge in [-0.25, -0.2) is 0 Å². The molecule has 1 fully saturated rings. The zero-order valence-electron chi connectivity index (χ0n) is 12.9. The Bertz CT molecular complexity index is 562. The van der Waals surface area contributed by atoms with E-state index in [0.717, 1.165) is 25.8 Å². The van der Waals surface area contributed by atoms with Crippen LogP contribution in [-0.2, 0) is 4.79 Å². The van der Waals surface area contributed by atoms with Crippen LogP contribution in [0.5, 0.6) is 5.75 Å². The van der Waals surface area contributed by atoms with Gasteiger partial charge in [0, 0.05) is 24.7 Å². The summed E-state index contributed by atoms with van der Waals surface area (Å²) in [7, 11) is 1.49. The zero-order chi connectivity index (χ0) is 16.1. The Balaban J connectivity index is 2.05. The summed E-state index contributed by atoms with van der Waals surface area (Å²) in [4.78, 5) is 24.5. The van der Waals surface area contributed by atoms with E-state index in [4.69, 9.17) is 4.74 Å². The number of nitrogens with one attached hydrogen (secondary N) is 1. The Labute approximate surface area is 129 Å². The van der Waals surface area contributed by atoms with Crippen LogP contribution in [0, 0.1) is 10.1 Å². The van der Waals surface area contributed by atoms with Gasteiger partial charge in [-0.15, -0.1) is 0 Å². The van der Waals surface area contributed by atoms with Crippen molar-refractivity contribution in [2.24, 2.45) is 0 Å². The SMILES string of the molecule is COc1ccc([N+](=O)[O-])cc1NCC(=O)N1CCCC[C@H]1C. The number of ether oxygens (including phenoxy) is 1. The number of hydrogen-bond acceptors (Lipinski definition) is 5. The second kappa shape index (κ2) is 7.11. The molecule has 0 aromatic heterocycles. The van der Waals surface area contributed by atoms with E-state index in [0.29, 0.717) is 11.4 Å². The van der Waals surface area contributed by atoms with Gasteiger partial charge in [-0.3, -0.25) is 14.9 Å². The number of carbonyl (C=O) groups excluding carboxylic acids is 1. The van der Waals surface area contributed by atoms with E-state index in [2.05, 4.69) is 5.32 Å². The molecule has 7 nitrogen and oxygen atoms in total. The summed E-state index contributed by atoms with van der Waals surface area (Å²) in [6, 6.07) is 4.52. The molecule has 0 aliphatic carbocycles. The third kappa shape index (κ3) is 3.66. The Hall–Kier alpha value is -2.31. The van der Waals surface area contributed by atoms with Gasteiger partial charge in [0.05, 0.1) is 24.3 Å². The first kappa shape index (κ1) is 16.1. The highest BCUT2D eigenvalue weighted by Gasteiger charge is 2.23. The van der Waals surface area contributed by atoms with Crippen LogP contribution in [-0.4, -0.2) is 42.0 Å². The fourth-order valence-corrected chi connectivity index (χ4v) is 2.69. The fraction of sp³-hybridized carbons (Fsp3) is 0.533. The van der Waals surface area contributed by atoms with E-state index in [-0.39, 0.29) is 24.2 Å². The smallest absolute Gasteiger partial charge is 0.271 e. The standard InChI is InChI=1S/C15H21N3O4/c1-11-5-3-4-8-17(11)15(19)10-16-13-9-12(18(20)21)6-7-14(13)22-2/h6-7,9,11,16H,3-5,8,10H2,1-2H3/t11-/m1/s1. The Morgan fingerprint density at radius 1 is 1.50 bits per heavy atom. The van der Waals surface area contributed by atoms with Gasteiger partial charge in [0.2, 0.25) is 5.91 Å². The summed E-state index contributed by atoms with van der Waals surface area (Å²) in [6.07, 6.45) is 3.19. The average Bonchev–Trinajstić information content (AvgIpc) is 2.52. The molecule has 1 atom stereocenters. The number of benzene rings is 1. The van der Waals surface area contributed by atoms with Gasteiger partial charge in [-0.1, -0.05) is 0 Å². The van der Waals surface area contributed by atoms with Crippen molar-refractivity contribution in [3.63, 3.8) is 0 Å². The third-order valence-electron chi connectivity index (χ3n) is 3.95. The number of carbonyl (C=O) groups is 1. The highest BCUT2D eigenvalue weighted by Crippen LogP contribution is 2.28. The average molecular weight is 307 g/mol. The van der Waals surface area contributed by atoms with Crippen molar-refractivity contribution in [2.75, 3.05) is 25.5 Å². The molecule has 7 heteroatoms. The van der Waals surface area contributed by atoms with Crippen molar-refractivity contribution in [2.45, 2.75) is 32.2 Å². The van der Waals surface area contributed by atoms with Gasteiger partial charge in [0.25, 0.3) is 5.69 Å². The number of hydrogen-bond donors (Lipinski definition) is 1. The van der Waals surface area contributed by atoms with E-state index in [9.17, 15) is 14.9 Å². The molecular weight excluding hydrogens is 286 g/mol. The first-order chi connectivity index (χ1) is 10.5. The number of non-ortho nitro benzene ring substituents is 1. The van der Waals surface area contributed by atoms with Gasteiger partial charge in [0.15, 0.2) is 0 Å². The maximum Gasteiger partial charge on any atom is 0.271 e. The minimum absolute atomic E-state index is 0.000703. The monoisotopic (exact) mass is 307 g/mol. The van der Waals surface area contributed by atoms with Crippen LogP contribution in [0.1, 0.15) is 26.2 Å². The number of anilines is 1. The Morgan fingerprint density at radius 2 is 2.27 bits per heavy atom. The molecule has 120 valence electrons. The molecule has 1 heterocycles. The van der Waals surface area contributed by atoms with E-state index >= 15 is 0 Å². The molecular formula is C15H21N3O4. The zero-order valence-corrected chi connectivity index (χ0v) is 12.9. The largest absolute Gasteiger partial charge is 0.495 e. The van der Waals surface area contributed by atoms with E-state index in [1.54, 1.807) is 0 Å². The van der Waals surface area contributed by atoms with Crippen LogP contribution in [0.3, 0.4) is 0 Å². The molecule has 2 rings (SSSR count). The lowest BCUT2D eigenvalue weighted by atomic mass is 10.0. The van der Waals surface area contributed by atoms with Crippen LogP contribution in [0.4, 0.5) is 11.4 Å². The molecule has 1 aliphatic rings. The molecule has 1 aromatic carbocycles. The number of nitrogens with zero attached hydrogens (tertiary/aromatic N) is 2. The Kier molecular flexibility index (Phi) is 5.19. The van der Waals surface area contributed by atoms with Crippen molar-refractivity contribution >= 4 is 17.3 Å². The first-order valence-electron chi connectivity index (χ1n) is 7.38. The summed E-state index contributed by atoms with van der Waals surface area (Å²) in [5.41, 5.74) is 0.414. The number of amides is 1. The topological polar surface area (TPSA) is 84.7 Å². The summed E-state index contributed by atoms with van der Waals surface area (Å²) < 4.78 is 5.17. The number of methoxy groups -OCH3 is 1. The summed E-state index contributed by atoms with van der Waals surface area (Å²) in [5, 5.41) is 13.8. The summed E-state index contributed by atoms with van der Waals surface area (Å²) in [5.74, 6) is 0.478. The molecule has 0 saturated carbocycles. The van der Waals surface area contributed by atoms with Gasteiger partial charge in [-0.05, 0) is 32.3 Å². The van der Waals surface area contributed by atoms with Crippen molar-refractivity contribution in [1.29, 1.82) is 0 Å². The van der Waals surface area contributed by atoms with Crippen molar-refractivity contribution in [3.8, 4) is 5.75 Å². The van der Waals surface area contributed by atoms with Gasteiger partial charge < -0.3 is 15.0 Å². The molecule has 1 N–H and O–H groups in total. The van der Waals surface area contributed by atoms with E-state index in [1.807, 2.05) is 11.8 Å². The highest BCUT2D eigenvalue weighted by molar-refractivity contribution is 5.82. The minimum Gasteiger partial charge on any atom is -0.495 e. The van der Waals surface area contributed by atoms with Crippen LogP contribution >= 0.6 is 0 Å². The molecule has 1 saturated heterocycles. The molecule has 0 bridgehead atoms. The number of nitro benzene ring substituents is 1. The van der Waals surface area contributed by atoms with E-state index < -0.39 is 4.92 Å². The minimum atomic E-state index is -0.473. The molecule has 1 aliphatic heterocycles. The van der Waals surface area contributed by atoms with Gasteiger partial charge in [0.1, 0.15) is 5.75 Å². The lowest BCUT2D eigenvalue weighted by molar-refractivity contribution is -0.384. The van der Waals surface area contributed by atoms with Gasteiger partial charge in [-0.2, -0.15) is 0 Å². The van der Waals surface area contributed by atoms with Crippen molar-refractivity contribution < 1.29 is 14.5 Å². The fourth-order valence-electron chi connectivity index (χ4n) is 2.69. The van der Waals surface area contributed by atoms with Crippen LogP contribution in [0.2, 0.25) is 0 Å². The molecule has 1 amide bonds.